The fourth-order valence-corrected chi connectivity index (χ4v) is 3.06. The van der Waals surface area contributed by atoms with Crippen LogP contribution >= 0.6 is 0 Å². The van der Waals surface area contributed by atoms with E-state index < -0.39 is 5.97 Å². The van der Waals surface area contributed by atoms with Crippen LogP contribution in [0.15, 0.2) is 66.9 Å². The maximum absolute atomic E-state index is 12.4. The average Bonchev–Trinajstić information content (AvgIpc) is 2.77. The molecule has 0 bridgehead atoms. The summed E-state index contributed by atoms with van der Waals surface area (Å²) in [6.07, 6.45) is 2.75. The quantitative estimate of drug-likeness (QED) is 0.349. The van der Waals surface area contributed by atoms with Crippen LogP contribution in [0.5, 0.6) is 0 Å². The highest BCUT2D eigenvalue weighted by molar-refractivity contribution is 5.94. The number of carboxylic acid groups (broad SMARTS) is 1. The summed E-state index contributed by atoms with van der Waals surface area (Å²) in [5, 5.41) is 28.2. The summed E-state index contributed by atoms with van der Waals surface area (Å²) in [7, 11) is 0. The van der Waals surface area contributed by atoms with Crippen molar-refractivity contribution in [3.05, 3.63) is 100 Å². The van der Waals surface area contributed by atoms with Crippen LogP contribution in [-0.2, 0) is 13.0 Å². The van der Waals surface area contributed by atoms with Crippen molar-refractivity contribution >= 4 is 17.7 Å². The summed E-state index contributed by atoms with van der Waals surface area (Å²) in [6, 6.07) is 17.4. The van der Waals surface area contributed by atoms with Gasteiger partial charge in [-0.15, -0.1) is 0 Å². The van der Waals surface area contributed by atoms with Crippen LogP contribution in [0, 0.1) is 17.7 Å². The molecule has 7 heteroatoms. The summed E-state index contributed by atoms with van der Waals surface area (Å²) < 4.78 is 1.45. The molecule has 0 unspecified atom stereocenters. The van der Waals surface area contributed by atoms with Gasteiger partial charge in [0.15, 0.2) is 0 Å². The molecule has 0 spiro atoms. The first-order valence-electron chi connectivity index (χ1n) is 9.84. The number of aromatic nitrogens is 1. The SMILES string of the molecule is Cc1ccc(CCC(=N)n2ccc(C(=O)NCc3ccc(C(=O)O)cc3)cc2=N)cc1. The number of carbonyl (C=O) groups is 2. The van der Waals surface area contributed by atoms with Crippen molar-refractivity contribution in [2.45, 2.75) is 26.3 Å². The number of amides is 1. The molecule has 1 aromatic heterocycles. The number of aromatic carboxylic acids is 1. The maximum Gasteiger partial charge on any atom is 0.335 e. The molecule has 2 aromatic carbocycles. The zero-order valence-corrected chi connectivity index (χ0v) is 17.2. The van der Waals surface area contributed by atoms with E-state index in [4.69, 9.17) is 15.9 Å². The van der Waals surface area contributed by atoms with Gasteiger partial charge in [-0.1, -0.05) is 42.0 Å². The molecule has 7 nitrogen and oxygen atoms in total. The smallest absolute Gasteiger partial charge is 0.335 e. The van der Waals surface area contributed by atoms with Crippen LogP contribution in [-0.4, -0.2) is 27.4 Å². The fourth-order valence-electron chi connectivity index (χ4n) is 3.06. The van der Waals surface area contributed by atoms with Crippen LogP contribution in [0.2, 0.25) is 0 Å². The zero-order chi connectivity index (χ0) is 22.4. The molecule has 158 valence electrons. The van der Waals surface area contributed by atoms with E-state index in [1.165, 1.54) is 28.3 Å². The lowest BCUT2D eigenvalue weighted by molar-refractivity contribution is 0.0696. The van der Waals surface area contributed by atoms with Crippen LogP contribution in [0.1, 0.15) is 43.8 Å². The van der Waals surface area contributed by atoms with Gasteiger partial charge >= 0.3 is 5.97 Å². The second-order valence-corrected chi connectivity index (χ2v) is 7.29. The van der Waals surface area contributed by atoms with Crippen molar-refractivity contribution in [3.63, 3.8) is 0 Å². The minimum atomic E-state index is -0.999. The maximum atomic E-state index is 12.4. The number of aryl methyl sites for hydroxylation is 2. The summed E-state index contributed by atoms with van der Waals surface area (Å²) in [4.78, 5) is 23.3. The standard InChI is InChI=1S/C24H24N4O3/c1-16-2-4-17(5-3-16)8-11-21(25)28-13-12-20(14-22(28)26)23(29)27-15-18-6-9-19(10-7-18)24(30)31/h2-7,9-10,12-14,25-26H,8,11,15H2,1H3,(H,27,29)(H,30,31). The first-order valence-corrected chi connectivity index (χ1v) is 9.84. The molecule has 4 N–H and O–H groups in total. The van der Waals surface area contributed by atoms with Crippen LogP contribution in [0.25, 0.3) is 0 Å². The van der Waals surface area contributed by atoms with E-state index in [1.807, 2.05) is 31.2 Å². The highest BCUT2D eigenvalue weighted by atomic mass is 16.4. The van der Waals surface area contributed by atoms with Crippen molar-refractivity contribution in [2.75, 3.05) is 0 Å². The first-order chi connectivity index (χ1) is 14.8. The van der Waals surface area contributed by atoms with Crippen molar-refractivity contribution < 1.29 is 14.7 Å². The van der Waals surface area contributed by atoms with Gasteiger partial charge in [0, 0.05) is 24.7 Å². The number of carbonyl (C=O) groups excluding carboxylic acids is 1. The summed E-state index contributed by atoms with van der Waals surface area (Å²) in [5.74, 6) is -1.05. The van der Waals surface area contributed by atoms with Gasteiger partial charge in [0.25, 0.3) is 5.91 Å². The third-order valence-corrected chi connectivity index (χ3v) is 4.93. The number of nitrogens with one attached hydrogen (secondary N) is 3. The van der Waals surface area contributed by atoms with E-state index in [1.54, 1.807) is 24.4 Å². The highest BCUT2D eigenvalue weighted by Crippen LogP contribution is 2.07. The van der Waals surface area contributed by atoms with E-state index in [0.717, 1.165) is 11.1 Å². The monoisotopic (exact) mass is 416 g/mol. The lowest BCUT2D eigenvalue weighted by Crippen LogP contribution is -2.29. The van der Waals surface area contributed by atoms with Crippen molar-refractivity contribution in [1.82, 2.24) is 9.88 Å². The second-order valence-electron chi connectivity index (χ2n) is 7.29. The molecule has 0 aliphatic heterocycles. The largest absolute Gasteiger partial charge is 0.478 e. The molecule has 3 aromatic rings. The number of carboxylic acids is 1. The van der Waals surface area contributed by atoms with Gasteiger partial charge in [0.05, 0.1) is 5.56 Å². The van der Waals surface area contributed by atoms with E-state index in [2.05, 4.69) is 5.32 Å². The van der Waals surface area contributed by atoms with Crippen molar-refractivity contribution in [2.24, 2.45) is 0 Å². The third-order valence-electron chi connectivity index (χ3n) is 4.93. The Bertz CT molecular complexity index is 1160. The Morgan fingerprint density at radius 1 is 0.968 bits per heavy atom. The molecule has 0 atom stereocenters. The average molecular weight is 416 g/mol. The van der Waals surface area contributed by atoms with Gasteiger partial charge < -0.3 is 10.4 Å². The Balaban J connectivity index is 1.59. The molecule has 1 amide bonds. The molecular weight excluding hydrogens is 392 g/mol. The van der Waals surface area contributed by atoms with E-state index >= 15 is 0 Å². The second kappa shape index (κ2) is 9.67. The van der Waals surface area contributed by atoms with Gasteiger partial charge in [-0.3, -0.25) is 20.2 Å². The predicted molar refractivity (Wildman–Crippen MR) is 117 cm³/mol. The number of nitrogens with zero attached hydrogens (tertiary/aromatic N) is 1. The molecule has 0 saturated carbocycles. The minimum Gasteiger partial charge on any atom is -0.478 e. The lowest BCUT2D eigenvalue weighted by atomic mass is 10.1. The van der Waals surface area contributed by atoms with Gasteiger partial charge in [-0.05, 0) is 48.7 Å². The van der Waals surface area contributed by atoms with Crippen LogP contribution < -0.4 is 10.8 Å². The topological polar surface area (TPSA) is 119 Å². The molecule has 0 saturated heterocycles. The Morgan fingerprint density at radius 3 is 2.23 bits per heavy atom. The fraction of sp³-hybridized carbons (Fsp3) is 0.167. The number of hydrogen-bond donors (Lipinski definition) is 4. The van der Waals surface area contributed by atoms with Gasteiger partial charge in [-0.25, -0.2) is 4.79 Å². The lowest BCUT2D eigenvalue weighted by Gasteiger charge is -2.11. The normalized spacial score (nSPS) is 10.5. The van der Waals surface area contributed by atoms with Crippen molar-refractivity contribution in [3.8, 4) is 0 Å². The van der Waals surface area contributed by atoms with E-state index in [-0.39, 0.29) is 29.3 Å². The van der Waals surface area contributed by atoms with Crippen LogP contribution in [0.4, 0.5) is 0 Å². The number of pyridine rings is 1. The molecule has 1 heterocycles. The Labute approximate surface area is 180 Å². The van der Waals surface area contributed by atoms with Gasteiger partial charge in [0.2, 0.25) is 0 Å². The molecule has 0 aliphatic rings. The van der Waals surface area contributed by atoms with E-state index in [9.17, 15) is 9.59 Å². The predicted octanol–water partition coefficient (Wildman–Crippen LogP) is 3.36. The van der Waals surface area contributed by atoms with E-state index in [0.29, 0.717) is 18.4 Å². The van der Waals surface area contributed by atoms with Gasteiger partial charge in [0.1, 0.15) is 11.3 Å². The first kappa shape index (κ1) is 21.7. The Kier molecular flexibility index (Phi) is 6.77. The highest BCUT2D eigenvalue weighted by Gasteiger charge is 2.09. The molecular formula is C24H24N4O3. The number of rotatable bonds is 7. The Morgan fingerprint density at radius 2 is 1.61 bits per heavy atom. The van der Waals surface area contributed by atoms with Gasteiger partial charge in [-0.2, -0.15) is 0 Å². The molecule has 0 radical (unpaired) electrons. The van der Waals surface area contributed by atoms with Crippen molar-refractivity contribution in [1.29, 1.82) is 10.8 Å². The summed E-state index contributed by atoms with van der Waals surface area (Å²) in [5.41, 5.74) is 3.67. The summed E-state index contributed by atoms with van der Waals surface area (Å²) in [6.45, 7) is 2.27. The number of hydrogen-bond acceptors (Lipinski definition) is 4. The zero-order valence-electron chi connectivity index (χ0n) is 17.2. The number of benzene rings is 2. The molecule has 31 heavy (non-hydrogen) atoms. The molecule has 0 aliphatic carbocycles. The summed E-state index contributed by atoms with van der Waals surface area (Å²) >= 11 is 0. The molecule has 0 fully saturated rings. The molecule has 3 rings (SSSR count). The minimum absolute atomic E-state index is 0.0624. The third kappa shape index (κ3) is 5.76. The Hall–Kier alpha value is -4.00. The van der Waals surface area contributed by atoms with Crippen LogP contribution in [0.3, 0.4) is 0 Å².